The minimum Gasteiger partial charge on any atom is -0.372 e. The topological polar surface area (TPSA) is 111 Å². The second-order valence-corrected chi connectivity index (χ2v) is 8.96. The van der Waals surface area contributed by atoms with Crippen molar-refractivity contribution in [3.63, 3.8) is 0 Å². The van der Waals surface area contributed by atoms with Gasteiger partial charge in [0.15, 0.2) is 17.0 Å². The average molecular weight is 453 g/mol. The zero-order valence-corrected chi connectivity index (χ0v) is 20.1. The number of aryl methyl sites for hydroxylation is 2. The number of carbonyl (C=O) groups excluding carboxylic acids is 1. The van der Waals surface area contributed by atoms with E-state index in [0.29, 0.717) is 42.4 Å². The zero-order chi connectivity index (χ0) is 23.7. The van der Waals surface area contributed by atoms with Gasteiger partial charge in [-0.2, -0.15) is 0 Å². The van der Waals surface area contributed by atoms with Crippen LogP contribution in [0.5, 0.6) is 0 Å². The van der Waals surface area contributed by atoms with Crippen molar-refractivity contribution in [2.75, 3.05) is 18.4 Å². The molecule has 0 aliphatic carbocycles. The Morgan fingerprint density at radius 2 is 1.82 bits per heavy atom. The molecule has 176 valence electrons. The molecular weight excluding hydrogens is 420 g/mol. The Bertz CT molecular complexity index is 1120. The largest absolute Gasteiger partial charge is 0.372 e. The van der Waals surface area contributed by atoms with Gasteiger partial charge in [0.2, 0.25) is 5.91 Å². The van der Waals surface area contributed by atoms with Gasteiger partial charge in [-0.05, 0) is 33.6 Å². The second-order valence-electron chi connectivity index (χ2n) is 8.96. The lowest BCUT2D eigenvalue weighted by atomic mass is 10.0. The van der Waals surface area contributed by atoms with Gasteiger partial charge in [-0.1, -0.05) is 13.8 Å². The molecule has 1 aliphatic heterocycles. The number of fused-ring (bicyclic) bond motifs is 1. The molecule has 33 heavy (non-hydrogen) atoms. The van der Waals surface area contributed by atoms with Crippen LogP contribution in [0.15, 0.2) is 18.7 Å². The number of rotatable bonds is 6. The molecule has 1 saturated heterocycles. The number of aromatic nitrogens is 6. The molecule has 1 amide bonds. The van der Waals surface area contributed by atoms with Crippen molar-refractivity contribution in [2.24, 2.45) is 5.92 Å². The normalized spacial score (nSPS) is 19.8. The van der Waals surface area contributed by atoms with E-state index in [-0.39, 0.29) is 24.0 Å². The molecule has 10 heteroatoms. The fourth-order valence-electron chi connectivity index (χ4n) is 4.29. The maximum Gasteiger partial charge on any atom is 0.245 e. The maximum absolute atomic E-state index is 13.5. The number of anilines is 1. The van der Waals surface area contributed by atoms with Gasteiger partial charge < -0.3 is 19.5 Å². The highest BCUT2D eigenvalue weighted by molar-refractivity contribution is 5.90. The number of hydrogen-bond donors (Lipinski definition) is 1. The number of morpholine rings is 1. The minimum absolute atomic E-state index is 0.0100. The lowest BCUT2D eigenvalue weighted by molar-refractivity contribution is -0.144. The average Bonchev–Trinajstić information content (AvgIpc) is 3.16. The van der Waals surface area contributed by atoms with E-state index < -0.39 is 6.04 Å². The van der Waals surface area contributed by atoms with Gasteiger partial charge in [0.05, 0.1) is 17.8 Å². The molecule has 0 spiro atoms. The van der Waals surface area contributed by atoms with E-state index in [4.69, 9.17) is 9.72 Å². The monoisotopic (exact) mass is 452 g/mol. The van der Waals surface area contributed by atoms with Crippen molar-refractivity contribution in [3.8, 4) is 11.4 Å². The van der Waals surface area contributed by atoms with Crippen LogP contribution in [0.25, 0.3) is 22.6 Å². The van der Waals surface area contributed by atoms with E-state index in [0.717, 1.165) is 11.4 Å². The van der Waals surface area contributed by atoms with Crippen molar-refractivity contribution in [3.05, 3.63) is 24.5 Å². The Labute approximate surface area is 193 Å². The predicted molar refractivity (Wildman–Crippen MR) is 126 cm³/mol. The first kappa shape index (κ1) is 23.0. The van der Waals surface area contributed by atoms with Gasteiger partial charge in [0.1, 0.15) is 24.0 Å². The fraction of sp³-hybridized carbons (Fsp3) is 0.565. The Balaban J connectivity index is 1.69. The standard InChI is InChI=1S/C23H32N8O2/c1-7-31-21(17-8-24-16(6)25-9-17)29-19-20(26-12-27-22(19)31)28-18(13(2)3)23(32)30-10-14(4)33-15(5)11-30/h8-9,12-15,18H,7,10-11H2,1-6H3,(H,26,27,28)/t14-,15+,18?. The van der Waals surface area contributed by atoms with Crippen LogP contribution >= 0.6 is 0 Å². The maximum atomic E-state index is 13.5. The SMILES string of the molecule is CCn1c(-c2cnc(C)nc2)nc2c(NC(C(=O)N3C[C@@H](C)O[C@@H](C)C3)C(C)C)ncnc21. The summed E-state index contributed by atoms with van der Waals surface area (Å²) in [6.07, 6.45) is 5.05. The quantitative estimate of drug-likeness (QED) is 0.608. The van der Waals surface area contributed by atoms with Crippen LogP contribution in [0.4, 0.5) is 5.82 Å². The van der Waals surface area contributed by atoms with E-state index in [2.05, 4.69) is 25.3 Å². The summed E-state index contributed by atoms with van der Waals surface area (Å²) in [4.78, 5) is 37.8. The molecule has 1 unspecified atom stereocenters. The molecule has 3 aromatic rings. The van der Waals surface area contributed by atoms with Crippen LogP contribution in [0.3, 0.4) is 0 Å². The van der Waals surface area contributed by atoms with Crippen LogP contribution < -0.4 is 5.32 Å². The Kier molecular flexibility index (Phi) is 6.55. The zero-order valence-electron chi connectivity index (χ0n) is 20.1. The summed E-state index contributed by atoms with van der Waals surface area (Å²) >= 11 is 0. The highest BCUT2D eigenvalue weighted by atomic mass is 16.5. The van der Waals surface area contributed by atoms with Crippen LogP contribution in [0, 0.1) is 12.8 Å². The lowest BCUT2D eigenvalue weighted by Gasteiger charge is -2.38. The number of ether oxygens (including phenoxy) is 1. The third-order valence-electron chi connectivity index (χ3n) is 5.84. The van der Waals surface area contributed by atoms with E-state index in [1.54, 1.807) is 12.4 Å². The first-order valence-corrected chi connectivity index (χ1v) is 11.5. The highest BCUT2D eigenvalue weighted by Gasteiger charge is 2.33. The van der Waals surface area contributed by atoms with Crippen LogP contribution in [0.1, 0.15) is 40.4 Å². The highest BCUT2D eigenvalue weighted by Crippen LogP contribution is 2.27. The minimum atomic E-state index is -0.446. The predicted octanol–water partition coefficient (Wildman–Crippen LogP) is 2.68. The Morgan fingerprint density at radius 1 is 1.15 bits per heavy atom. The fourth-order valence-corrected chi connectivity index (χ4v) is 4.29. The van der Waals surface area contributed by atoms with Gasteiger partial charge in [-0.3, -0.25) is 4.79 Å². The number of nitrogens with zero attached hydrogens (tertiary/aromatic N) is 7. The molecule has 0 aromatic carbocycles. The van der Waals surface area contributed by atoms with Crippen LogP contribution in [-0.4, -0.2) is 71.6 Å². The number of carbonyl (C=O) groups is 1. The lowest BCUT2D eigenvalue weighted by Crippen LogP contribution is -2.54. The Morgan fingerprint density at radius 3 is 2.42 bits per heavy atom. The van der Waals surface area contributed by atoms with Crippen molar-refractivity contribution in [1.82, 2.24) is 34.4 Å². The third-order valence-corrected chi connectivity index (χ3v) is 5.84. The molecule has 0 saturated carbocycles. The number of imidazole rings is 1. The summed E-state index contributed by atoms with van der Waals surface area (Å²) in [5.41, 5.74) is 2.13. The molecule has 10 nitrogen and oxygen atoms in total. The molecule has 3 atom stereocenters. The first-order valence-electron chi connectivity index (χ1n) is 11.5. The van der Waals surface area contributed by atoms with Crippen molar-refractivity contribution in [1.29, 1.82) is 0 Å². The van der Waals surface area contributed by atoms with Crippen molar-refractivity contribution < 1.29 is 9.53 Å². The molecule has 1 aliphatic rings. The van der Waals surface area contributed by atoms with Crippen LogP contribution in [-0.2, 0) is 16.1 Å². The molecular formula is C23H32N8O2. The van der Waals surface area contributed by atoms with E-state index in [1.165, 1.54) is 6.33 Å². The third kappa shape index (κ3) is 4.66. The molecule has 4 heterocycles. The van der Waals surface area contributed by atoms with Gasteiger partial charge in [-0.15, -0.1) is 0 Å². The summed E-state index contributed by atoms with van der Waals surface area (Å²) in [6, 6.07) is -0.446. The summed E-state index contributed by atoms with van der Waals surface area (Å²) < 4.78 is 7.81. The molecule has 1 N–H and O–H groups in total. The molecule has 3 aromatic heterocycles. The van der Waals surface area contributed by atoms with Gasteiger partial charge in [0, 0.05) is 32.0 Å². The van der Waals surface area contributed by atoms with Crippen molar-refractivity contribution in [2.45, 2.75) is 66.3 Å². The number of nitrogens with one attached hydrogen (secondary N) is 1. The summed E-state index contributed by atoms with van der Waals surface area (Å²) in [7, 11) is 0. The van der Waals surface area contributed by atoms with Gasteiger partial charge >= 0.3 is 0 Å². The van der Waals surface area contributed by atoms with E-state index >= 15 is 0 Å². The molecule has 0 bridgehead atoms. The molecule has 0 radical (unpaired) electrons. The first-order chi connectivity index (χ1) is 15.8. The number of hydrogen-bond acceptors (Lipinski definition) is 8. The van der Waals surface area contributed by atoms with Gasteiger partial charge in [-0.25, -0.2) is 24.9 Å². The Hall–Kier alpha value is -3.14. The summed E-state index contributed by atoms with van der Waals surface area (Å²) in [5, 5.41) is 3.38. The van der Waals surface area contributed by atoms with Gasteiger partial charge in [0.25, 0.3) is 0 Å². The number of amides is 1. The molecule has 4 rings (SSSR count). The van der Waals surface area contributed by atoms with E-state index in [9.17, 15) is 4.79 Å². The summed E-state index contributed by atoms with van der Waals surface area (Å²) in [5.74, 6) is 2.06. The molecule has 1 fully saturated rings. The van der Waals surface area contributed by atoms with Crippen molar-refractivity contribution >= 4 is 22.9 Å². The second kappa shape index (κ2) is 9.38. The summed E-state index contributed by atoms with van der Waals surface area (Å²) in [6.45, 7) is 13.8. The smallest absolute Gasteiger partial charge is 0.245 e. The van der Waals surface area contributed by atoms with Crippen LogP contribution in [0.2, 0.25) is 0 Å². The van der Waals surface area contributed by atoms with E-state index in [1.807, 2.05) is 51.0 Å².